The second-order valence-corrected chi connectivity index (χ2v) is 8.25. The standard InChI is InChI=1S/C17H16F3N3O3S2/c18-17(19,20)12-4-2-1-3-10(12)15(25)22-16-11(14(21)24)9-13(27-16)28-23-5-7-26-8-6-23/h1-4,9H,5-8H2,(H2,21,24)(H,22,25). The third-order valence-corrected chi connectivity index (χ3v) is 6.11. The van der Waals surface area contributed by atoms with Crippen molar-refractivity contribution in [2.75, 3.05) is 31.6 Å². The highest BCUT2D eigenvalue weighted by molar-refractivity contribution is 7.99. The Morgan fingerprint density at radius 3 is 2.50 bits per heavy atom. The molecule has 0 aliphatic carbocycles. The number of hydrogen-bond donors (Lipinski definition) is 2. The highest BCUT2D eigenvalue weighted by Crippen LogP contribution is 2.38. The van der Waals surface area contributed by atoms with Gasteiger partial charge in [0.25, 0.3) is 11.8 Å². The first-order valence-electron chi connectivity index (χ1n) is 8.17. The van der Waals surface area contributed by atoms with Gasteiger partial charge in [-0.25, -0.2) is 4.31 Å². The van der Waals surface area contributed by atoms with Crippen molar-refractivity contribution in [1.82, 2.24) is 4.31 Å². The lowest BCUT2D eigenvalue weighted by molar-refractivity contribution is -0.137. The average Bonchev–Trinajstić information content (AvgIpc) is 3.04. The Balaban J connectivity index is 1.83. The Kier molecular flexibility index (Phi) is 6.28. The van der Waals surface area contributed by atoms with Crippen LogP contribution < -0.4 is 11.1 Å². The number of ether oxygens (including phenoxy) is 1. The number of nitrogens with zero attached hydrogens (tertiary/aromatic N) is 1. The summed E-state index contributed by atoms with van der Waals surface area (Å²) in [5.41, 5.74) is 3.85. The molecule has 2 heterocycles. The molecule has 1 saturated heterocycles. The maximum absolute atomic E-state index is 13.1. The molecule has 3 N–H and O–H groups in total. The maximum Gasteiger partial charge on any atom is 0.417 e. The van der Waals surface area contributed by atoms with Crippen LogP contribution in [0.5, 0.6) is 0 Å². The molecule has 28 heavy (non-hydrogen) atoms. The van der Waals surface area contributed by atoms with Crippen molar-refractivity contribution in [2.45, 2.75) is 10.4 Å². The van der Waals surface area contributed by atoms with E-state index in [9.17, 15) is 22.8 Å². The first-order chi connectivity index (χ1) is 13.3. The summed E-state index contributed by atoms with van der Waals surface area (Å²) in [6, 6.07) is 5.99. The smallest absolute Gasteiger partial charge is 0.379 e. The second-order valence-electron chi connectivity index (χ2n) is 5.80. The van der Waals surface area contributed by atoms with Crippen LogP contribution in [0.15, 0.2) is 34.5 Å². The van der Waals surface area contributed by atoms with Gasteiger partial charge in [-0.1, -0.05) is 12.1 Å². The molecule has 2 amide bonds. The summed E-state index contributed by atoms with van der Waals surface area (Å²) in [4.78, 5) is 24.2. The van der Waals surface area contributed by atoms with Crippen molar-refractivity contribution < 1.29 is 27.5 Å². The molecule has 0 bridgehead atoms. The molecular weight excluding hydrogens is 415 g/mol. The number of carbonyl (C=O) groups is 2. The first-order valence-corrected chi connectivity index (χ1v) is 9.76. The molecule has 1 aliphatic rings. The molecule has 6 nitrogen and oxygen atoms in total. The number of halogens is 3. The van der Waals surface area contributed by atoms with Gasteiger partial charge in [0.1, 0.15) is 5.00 Å². The van der Waals surface area contributed by atoms with E-state index in [0.29, 0.717) is 30.5 Å². The predicted molar refractivity (Wildman–Crippen MR) is 100 cm³/mol. The maximum atomic E-state index is 13.1. The van der Waals surface area contributed by atoms with Crippen LogP contribution in [-0.4, -0.2) is 42.4 Å². The van der Waals surface area contributed by atoms with E-state index < -0.39 is 29.1 Å². The van der Waals surface area contributed by atoms with Gasteiger partial charge in [0.2, 0.25) is 0 Å². The number of alkyl halides is 3. The van der Waals surface area contributed by atoms with E-state index in [1.165, 1.54) is 30.1 Å². The number of hydrogen-bond acceptors (Lipinski definition) is 6. The number of thiophene rings is 1. The number of amides is 2. The van der Waals surface area contributed by atoms with Crippen LogP contribution in [0.1, 0.15) is 26.3 Å². The minimum absolute atomic E-state index is 0.0543. The zero-order valence-corrected chi connectivity index (χ0v) is 16.0. The quantitative estimate of drug-likeness (QED) is 0.709. The number of anilines is 1. The summed E-state index contributed by atoms with van der Waals surface area (Å²) in [6.07, 6.45) is -4.67. The first kappa shape index (κ1) is 20.6. The number of rotatable bonds is 5. The van der Waals surface area contributed by atoms with Crippen LogP contribution in [0.4, 0.5) is 18.2 Å². The van der Waals surface area contributed by atoms with E-state index in [4.69, 9.17) is 10.5 Å². The van der Waals surface area contributed by atoms with Crippen molar-refractivity contribution in [3.63, 3.8) is 0 Å². The predicted octanol–water partition coefficient (Wildman–Crippen LogP) is 3.46. The second kappa shape index (κ2) is 8.52. The molecular formula is C17H16F3N3O3S2. The van der Waals surface area contributed by atoms with Crippen LogP contribution in [0.3, 0.4) is 0 Å². The molecule has 0 unspecified atom stereocenters. The van der Waals surface area contributed by atoms with Gasteiger partial charge in [-0.15, -0.1) is 11.3 Å². The summed E-state index contributed by atoms with van der Waals surface area (Å²) in [7, 11) is 0. The summed E-state index contributed by atoms with van der Waals surface area (Å²) in [5, 5.41) is 2.52. The van der Waals surface area contributed by atoms with E-state index >= 15 is 0 Å². The lowest BCUT2D eigenvalue weighted by atomic mass is 10.1. The lowest BCUT2D eigenvalue weighted by Crippen LogP contribution is -2.30. The molecule has 150 valence electrons. The summed E-state index contributed by atoms with van der Waals surface area (Å²) >= 11 is 2.46. The number of primary amides is 1. The molecule has 11 heteroatoms. The summed E-state index contributed by atoms with van der Waals surface area (Å²) in [5.74, 6) is -1.73. The van der Waals surface area contributed by atoms with Gasteiger partial charge in [0.15, 0.2) is 0 Å². The topological polar surface area (TPSA) is 84.7 Å². The number of morpholine rings is 1. The fourth-order valence-electron chi connectivity index (χ4n) is 2.55. The van der Waals surface area contributed by atoms with Gasteiger partial charge >= 0.3 is 6.18 Å². The van der Waals surface area contributed by atoms with Gasteiger partial charge in [-0.05, 0) is 30.1 Å². The minimum atomic E-state index is -4.67. The fraction of sp³-hybridized carbons (Fsp3) is 0.294. The van der Waals surface area contributed by atoms with Crippen LogP contribution in [0, 0.1) is 0 Å². The number of nitrogens with two attached hydrogens (primary N) is 1. The largest absolute Gasteiger partial charge is 0.417 e. The molecule has 0 atom stereocenters. The number of nitrogens with one attached hydrogen (secondary N) is 1. The molecule has 0 saturated carbocycles. The van der Waals surface area contributed by atoms with Crippen LogP contribution in [0.2, 0.25) is 0 Å². The molecule has 1 fully saturated rings. The summed E-state index contributed by atoms with van der Waals surface area (Å²) in [6.45, 7) is 2.54. The Labute approximate surface area is 167 Å². The monoisotopic (exact) mass is 431 g/mol. The van der Waals surface area contributed by atoms with Crippen LogP contribution in [0.25, 0.3) is 0 Å². The SMILES string of the molecule is NC(=O)c1cc(SN2CCOCC2)sc1NC(=O)c1ccccc1C(F)(F)F. The van der Waals surface area contributed by atoms with Crippen molar-refractivity contribution >= 4 is 40.1 Å². The van der Waals surface area contributed by atoms with E-state index in [0.717, 1.165) is 23.5 Å². The lowest BCUT2D eigenvalue weighted by Gasteiger charge is -2.24. The Hall–Kier alpha value is -2.08. The fourth-order valence-corrected chi connectivity index (χ4v) is 4.82. The van der Waals surface area contributed by atoms with Gasteiger partial charge in [-0.3, -0.25) is 9.59 Å². The average molecular weight is 431 g/mol. The van der Waals surface area contributed by atoms with E-state index in [-0.39, 0.29) is 10.6 Å². The molecule has 1 aromatic carbocycles. The molecule has 1 aromatic heterocycles. The normalized spacial score (nSPS) is 15.4. The van der Waals surface area contributed by atoms with Gasteiger partial charge in [0.05, 0.1) is 34.1 Å². The van der Waals surface area contributed by atoms with E-state index in [1.54, 1.807) is 0 Å². The Morgan fingerprint density at radius 1 is 1.18 bits per heavy atom. The van der Waals surface area contributed by atoms with Crippen molar-refractivity contribution in [1.29, 1.82) is 0 Å². The van der Waals surface area contributed by atoms with E-state index in [1.807, 2.05) is 4.31 Å². The Bertz CT molecular complexity index is 880. The van der Waals surface area contributed by atoms with Crippen molar-refractivity contribution in [2.24, 2.45) is 5.73 Å². The minimum Gasteiger partial charge on any atom is -0.379 e. The van der Waals surface area contributed by atoms with Gasteiger partial charge < -0.3 is 15.8 Å². The van der Waals surface area contributed by atoms with Crippen LogP contribution >= 0.6 is 23.3 Å². The third kappa shape index (κ3) is 4.85. The molecule has 0 spiro atoms. The highest BCUT2D eigenvalue weighted by atomic mass is 32.2. The summed E-state index contributed by atoms with van der Waals surface area (Å²) < 4.78 is 47.4. The Morgan fingerprint density at radius 2 is 1.86 bits per heavy atom. The van der Waals surface area contributed by atoms with E-state index in [2.05, 4.69) is 5.32 Å². The van der Waals surface area contributed by atoms with Crippen molar-refractivity contribution in [3.8, 4) is 0 Å². The molecule has 0 radical (unpaired) electrons. The zero-order chi connectivity index (χ0) is 20.3. The van der Waals surface area contributed by atoms with Crippen molar-refractivity contribution in [3.05, 3.63) is 47.0 Å². The van der Waals surface area contributed by atoms with Gasteiger partial charge in [-0.2, -0.15) is 13.2 Å². The van der Waals surface area contributed by atoms with Gasteiger partial charge in [0, 0.05) is 13.1 Å². The van der Waals surface area contributed by atoms with Crippen LogP contribution in [-0.2, 0) is 10.9 Å². The third-order valence-electron chi connectivity index (χ3n) is 3.87. The molecule has 2 aromatic rings. The molecule has 3 rings (SSSR count). The highest BCUT2D eigenvalue weighted by Gasteiger charge is 2.35. The number of carbonyl (C=O) groups excluding carboxylic acids is 2. The molecule has 1 aliphatic heterocycles. The zero-order valence-electron chi connectivity index (χ0n) is 14.4. The number of benzene rings is 1.